The average molecular weight is 494 g/mol. The summed E-state index contributed by atoms with van der Waals surface area (Å²) in [6.45, 7) is 2.72. The number of nitrogens with zero attached hydrogens (tertiary/aromatic N) is 6. The van der Waals surface area contributed by atoms with E-state index in [-0.39, 0.29) is 6.42 Å². The fraction of sp³-hybridized carbons (Fsp3) is 0.214. The maximum absolute atomic E-state index is 11.0. The minimum absolute atomic E-state index is 0.0205. The number of hydrogen-bond donors (Lipinski definition) is 2. The van der Waals surface area contributed by atoms with Gasteiger partial charge in [-0.1, -0.05) is 79.7 Å². The number of carboxylic acid groups (broad SMARTS) is 1. The smallest absolute Gasteiger partial charge is 0.307 e. The summed E-state index contributed by atoms with van der Waals surface area (Å²) >= 11 is 0. The zero-order valence-electron chi connectivity index (χ0n) is 20.5. The molecule has 0 saturated carbocycles. The Kier molecular flexibility index (Phi) is 7.12. The summed E-state index contributed by atoms with van der Waals surface area (Å²) in [6.07, 6.45) is 2.44. The molecule has 0 atom stereocenters. The standard InChI is InChI=1S/C28H27N7O2/c1-2-5-25-29-26(16-19-8-10-20(11-9-19)17-27(36)37)35(32-25)18-21-12-14-22(15-13-21)23-6-3-4-7-24(23)28-30-33-34-31-28/h3-4,6-15H,2,5,16-18H2,1H3,(H,36,37)(H,30,31,33,34). The number of aliphatic carboxylic acids is 1. The Balaban J connectivity index is 1.36. The summed E-state index contributed by atoms with van der Waals surface area (Å²) in [5.74, 6) is 1.46. The van der Waals surface area contributed by atoms with E-state index in [0.717, 1.165) is 57.9 Å². The molecule has 0 unspecified atom stereocenters. The van der Waals surface area contributed by atoms with Crippen molar-refractivity contribution in [2.75, 3.05) is 0 Å². The summed E-state index contributed by atoms with van der Waals surface area (Å²) in [4.78, 5) is 15.8. The van der Waals surface area contributed by atoms with Crippen LogP contribution in [0.3, 0.4) is 0 Å². The van der Waals surface area contributed by atoms with Crippen LogP contribution in [-0.2, 0) is 30.6 Å². The van der Waals surface area contributed by atoms with Gasteiger partial charge in [-0.25, -0.2) is 9.67 Å². The summed E-state index contributed by atoms with van der Waals surface area (Å²) in [6, 6.07) is 24.1. The number of H-pyrrole nitrogens is 1. The lowest BCUT2D eigenvalue weighted by atomic mass is 9.98. The third kappa shape index (κ3) is 5.78. The van der Waals surface area contributed by atoms with Crippen molar-refractivity contribution in [2.45, 2.75) is 39.2 Å². The average Bonchev–Trinajstić information content (AvgIpc) is 3.56. The van der Waals surface area contributed by atoms with E-state index in [0.29, 0.717) is 18.8 Å². The first-order valence-corrected chi connectivity index (χ1v) is 12.2. The minimum Gasteiger partial charge on any atom is -0.481 e. The first kappa shape index (κ1) is 24.1. The Labute approximate surface area is 214 Å². The Bertz CT molecular complexity index is 1470. The van der Waals surface area contributed by atoms with Crippen LogP contribution in [0.4, 0.5) is 0 Å². The van der Waals surface area contributed by atoms with Crippen molar-refractivity contribution in [3.63, 3.8) is 0 Å². The second kappa shape index (κ2) is 10.9. The largest absolute Gasteiger partial charge is 0.481 e. The van der Waals surface area contributed by atoms with Gasteiger partial charge < -0.3 is 5.11 Å². The van der Waals surface area contributed by atoms with Gasteiger partial charge in [0.25, 0.3) is 0 Å². The highest BCUT2D eigenvalue weighted by molar-refractivity contribution is 5.80. The molecule has 37 heavy (non-hydrogen) atoms. The highest BCUT2D eigenvalue weighted by atomic mass is 16.4. The number of rotatable bonds is 10. The molecule has 9 heteroatoms. The van der Waals surface area contributed by atoms with Crippen LogP contribution in [0.25, 0.3) is 22.5 Å². The van der Waals surface area contributed by atoms with Crippen LogP contribution in [0.5, 0.6) is 0 Å². The number of benzene rings is 3. The van der Waals surface area contributed by atoms with E-state index in [2.05, 4.69) is 57.9 Å². The fourth-order valence-corrected chi connectivity index (χ4v) is 4.31. The first-order valence-electron chi connectivity index (χ1n) is 12.2. The predicted octanol–water partition coefficient (Wildman–Crippen LogP) is 4.34. The molecule has 0 amide bonds. The SMILES string of the molecule is CCCc1nc(Cc2ccc(CC(=O)O)cc2)n(Cc2ccc(-c3ccccc3-c3nn[nH]n3)cc2)n1. The Morgan fingerprint density at radius 3 is 2.30 bits per heavy atom. The summed E-state index contributed by atoms with van der Waals surface area (Å²) in [5, 5.41) is 28.3. The zero-order valence-corrected chi connectivity index (χ0v) is 20.5. The number of carbonyl (C=O) groups is 1. The molecule has 5 aromatic rings. The highest BCUT2D eigenvalue weighted by Gasteiger charge is 2.13. The molecule has 5 rings (SSSR count). The molecule has 186 valence electrons. The quantitative estimate of drug-likeness (QED) is 0.297. The van der Waals surface area contributed by atoms with Crippen LogP contribution in [0.1, 0.15) is 41.7 Å². The van der Waals surface area contributed by atoms with E-state index in [9.17, 15) is 4.79 Å². The molecule has 0 aliphatic heterocycles. The van der Waals surface area contributed by atoms with Crippen molar-refractivity contribution in [1.82, 2.24) is 35.4 Å². The monoisotopic (exact) mass is 493 g/mol. The van der Waals surface area contributed by atoms with Crippen molar-refractivity contribution in [3.05, 3.63) is 101 Å². The van der Waals surface area contributed by atoms with Crippen molar-refractivity contribution in [1.29, 1.82) is 0 Å². The first-order chi connectivity index (χ1) is 18.1. The van der Waals surface area contributed by atoms with Crippen molar-refractivity contribution >= 4 is 5.97 Å². The van der Waals surface area contributed by atoms with Gasteiger partial charge in [-0.05, 0) is 39.5 Å². The van der Waals surface area contributed by atoms with E-state index in [1.54, 1.807) is 0 Å². The Morgan fingerprint density at radius 2 is 1.62 bits per heavy atom. The third-order valence-corrected chi connectivity index (χ3v) is 6.12. The van der Waals surface area contributed by atoms with Crippen LogP contribution in [0, 0.1) is 0 Å². The maximum Gasteiger partial charge on any atom is 0.307 e. The molecule has 2 N–H and O–H groups in total. The summed E-state index contributed by atoms with van der Waals surface area (Å²) < 4.78 is 1.97. The predicted molar refractivity (Wildman–Crippen MR) is 139 cm³/mol. The van der Waals surface area contributed by atoms with Gasteiger partial charge in [-0.3, -0.25) is 4.79 Å². The number of hydrogen-bond acceptors (Lipinski definition) is 6. The molecule has 0 aliphatic carbocycles. The van der Waals surface area contributed by atoms with E-state index in [4.69, 9.17) is 15.2 Å². The van der Waals surface area contributed by atoms with E-state index in [1.807, 2.05) is 47.1 Å². The highest BCUT2D eigenvalue weighted by Crippen LogP contribution is 2.29. The molecule has 0 saturated heterocycles. The van der Waals surface area contributed by atoms with Gasteiger partial charge in [0.05, 0.1) is 13.0 Å². The lowest BCUT2D eigenvalue weighted by Crippen LogP contribution is -2.08. The molecule has 3 aromatic carbocycles. The number of carboxylic acids is 1. The molecule has 0 bridgehead atoms. The van der Waals surface area contributed by atoms with Gasteiger partial charge >= 0.3 is 5.97 Å². The normalized spacial score (nSPS) is 11.1. The third-order valence-electron chi connectivity index (χ3n) is 6.12. The van der Waals surface area contributed by atoms with Gasteiger partial charge in [-0.2, -0.15) is 10.3 Å². The number of tetrazole rings is 1. The molecule has 0 spiro atoms. The molecule has 0 fully saturated rings. The number of aryl methyl sites for hydroxylation is 1. The van der Waals surface area contributed by atoms with Crippen LogP contribution in [0.15, 0.2) is 72.8 Å². The van der Waals surface area contributed by atoms with E-state index >= 15 is 0 Å². The van der Waals surface area contributed by atoms with Gasteiger partial charge in [0.15, 0.2) is 5.82 Å². The zero-order chi connectivity index (χ0) is 25.6. The maximum atomic E-state index is 11.0. The Morgan fingerprint density at radius 1 is 0.919 bits per heavy atom. The van der Waals surface area contributed by atoms with E-state index in [1.165, 1.54) is 0 Å². The molecule has 9 nitrogen and oxygen atoms in total. The van der Waals surface area contributed by atoms with Gasteiger partial charge in [-0.15, -0.1) is 10.2 Å². The van der Waals surface area contributed by atoms with Crippen LogP contribution < -0.4 is 0 Å². The second-order valence-corrected chi connectivity index (χ2v) is 8.89. The molecule has 0 aliphatic rings. The topological polar surface area (TPSA) is 122 Å². The van der Waals surface area contributed by atoms with E-state index < -0.39 is 5.97 Å². The van der Waals surface area contributed by atoms with Crippen molar-refractivity contribution in [2.24, 2.45) is 0 Å². The Hall–Kier alpha value is -4.66. The molecular weight excluding hydrogens is 466 g/mol. The molecular formula is C28H27N7O2. The van der Waals surface area contributed by atoms with Gasteiger partial charge in [0, 0.05) is 18.4 Å². The summed E-state index contributed by atoms with van der Waals surface area (Å²) in [5.41, 5.74) is 5.99. The lowest BCUT2D eigenvalue weighted by molar-refractivity contribution is -0.136. The van der Waals surface area contributed by atoms with Gasteiger partial charge in [0.2, 0.25) is 5.82 Å². The minimum atomic E-state index is -0.832. The van der Waals surface area contributed by atoms with Crippen LogP contribution in [-0.4, -0.2) is 46.5 Å². The summed E-state index contributed by atoms with van der Waals surface area (Å²) in [7, 11) is 0. The molecule has 2 heterocycles. The number of aromatic amines is 1. The van der Waals surface area contributed by atoms with Crippen molar-refractivity contribution < 1.29 is 9.90 Å². The van der Waals surface area contributed by atoms with Gasteiger partial charge in [0.1, 0.15) is 5.82 Å². The lowest BCUT2D eigenvalue weighted by Gasteiger charge is -2.10. The van der Waals surface area contributed by atoms with Crippen molar-refractivity contribution in [3.8, 4) is 22.5 Å². The second-order valence-electron chi connectivity index (χ2n) is 8.89. The van der Waals surface area contributed by atoms with Crippen LogP contribution in [0.2, 0.25) is 0 Å². The molecule has 0 radical (unpaired) electrons. The van der Waals surface area contributed by atoms with Crippen LogP contribution >= 0.6 is 0 Å². The molecule has 2 aromatic heterocycles. The number of aromatic nitrogens is 7. The number of nitrogens with one attached hydrogen (secondary N) is 1. The fourth-order valence-electron chi connectivity index (χ4n) is 4.31.